The minimum atomic E-state index is -0.0287. The van der Waals surface area contributed by atoms with E-state index in [4.69, 9.17) is 9.47 Å². The summed E-state index contributed by atoms with van der Waals surface area (Å²) in [5, 5.41) is 3.16. The molecule has 2 heterocycles. The molecule has 0 spiro atoms. The highest BCUT2D eigenvalue weighted by atomic mass is 16.5. The lowest BCUT2D eigenvalue weighted by molar-refractivity contribution is 0.0599. The molecule has 0 saturated heterocycles. The smallest absolute Gasteiger partial charge is 0.251 e. The van der Waals surface area contributed by atoms with Gasteiger partial charge in [-0.25, -0.2) is 4.98 Å². The summed E-state index contributed by atoms with van der Waals surface area (Å²) in [5.74, 6) is 0.774. The lowest BCUT2D eigenvalue weighted by atomic mass is 9.92. The van der Waals surface area contributed by atoms with E-state index in [9.17, 15) is 4.79 Å². The second kappa shape index (κ2) is 6.88. The van der Waals surface area contributed by atoms with Crippen molar-refractivity contribution in [3.05, 3.63) is 36.3 Å². The fraction of sp³-hybridized carbons (Fsp3) is 0.474. The van der Waals surface area contributed by atoms with Crippen LogP contribution < -0.4 is 10.1 Å². The first-order valence-electron chi connectivity index (χ1n) is 8.85. The van der Waals surface area contributed by atoms with Gasteiger partial charge in [0.2, 0.25) is 0 Å². The normalized spacial score (nSPS) is 22.3. The van der Waals surface area contributed by atoms with Crippen molar-refractivity contribution in [2.24, 2.45) is 0 Å². The number of rotatable bonds is 3. The Morgan fingerprint density at radius 2 is 2.16 bits per heavy atom. The van der Waals surface area contributed by atoms with E-state index in [1.165, 1.54) is 0 Å². The molecule has 2 aliphatic rings. The van der Waals surface area contributed by atoms with Crippen molar-refractivity contribution in [1.29, 1.82) is 0 Å². The number of carbonyl (C=O) groups excluding carboxylic acids is 1. The zero-order valence-electron chi connectivity index (χ0n) is 14.4. The highest BCUT2D eigenvalue weighted by molar-refractivity contribution is 5.96. The zero-order chi connectivity index (χ0) is 17.2. The average Bonchev–Trinajstić information content (AvgIpc) is 3.04. The summed E-state index contributed by atoms with van der Waals surface area (Å²) in [5.41, 5.74) is 2.57. The van der Waals surface area contributed by atoms with Gasteiger partial charge < -0.3 is 19.4 Å². The van der Waals surface area contributed by atoms with Crippen LogP contribution in [0.5, 0.6) is 5.75 Å². The van der Waals surface area contributed by atoms with Crippen molar-refractivity contribution in [2.45, 2.75) is 44.4 Å². The maximum atomic E-state index is 12.7. The molecule has 1 N–H and O–H groups in total. The fourth-order valence-corrected chi connectivity index (χ4v) is 3.69. The predicted molar refractivity (Wildman–Crippen MR) is 93.7 cm³/mol. The number of carbonyl (C=O) groups is 1. The monoisotopic (exact) mass is 341 g/mol. The molecule has 1 fully saturated rings. The molecule has 132 valence electrons. The van der Waals surface area contributed by atoms with Gasteiger partial charge in [-0.15, -0.1) is 0 Å². The number of methoxy groups -OCH3 is 1. The van der Waals surface area contributed by atoms with Crippen molar-refractivity contribution in [2.75, 3.05) is 13.7 Å². The topological polar surface area (TPSA) is 65.4 Å². The van der Waals surface area contributed by atoms with E-state index in [2.05, 4.69) is 14.9 Å². The quantitative estimate of drug-likeness (QED) is 0.932. The number of ether oxygens (including phenoxy) is 2. The van der Waals surface area contributed by atoms with Crippen LogP contribution in [0.2, 0.25) is 0 Å². The molecule has 1 aliphatic carbocycles. The van der Waals surface area contributed by atoms with Gasteiger partial charge in [0.05, 0.1) is 30.9 Å². The third-order valence-corrected chi connectivity index (χ3v) is 5.16. The van der Waals surface area contributed by atoms with Crippen LogP contribution in [0.4, 0.5) is 0 Å². The van der Waals surface area contributed by atoms with Crippen LogP contribution in [0.1, 0.15) is 36.0 Å². The molecule has 1 aliphatic heterocycles. The van der Waals surface area contributed by atoms with Gasteiger partial charge in [-0.3, -0.25) is 4.79 Å². The Bertz CT molecular complexity index is 763. The van der Waals surface area contributed by atoms with E-state index < -0.39 is 0 Å². The van der Waals surface area contributed by atoms with Crippen molar-refractivity contribution in [1.82, 2.24) is 14.9 Å². The number of imidazole rings is 1. The molecule has 1 amide bonds. The number of nitrogens with one attached hydrogen (secondary N) is 1. The van der Waals surface area contributed by atoms with Crippen LogP contribution in [0.3, 0.4) is 0 Å². The first-order valence-corrected chi connectivity index (χ1v) is 8.85. The molecule has 1 saturated carbocycles. The third-order valence-electron chi connectivity index (χ3n) is 5.16. The van der Waals surface area contributed by atoms with Crippen LogP contribution in [0.25, 0.3) is 11.3 Å². The predicted octanol–water partition coefficient (Wildman–Crippen LogP) is 2.63. The summed E-state index contributed by atoms with van der Waals surface area (Å²) in [6.07, 6.45) is 7.88. The molecule has 4 rings (SSSR count). The lowest BCUT2D eigenvalue weighted by Crippen LogP contribution is -2.38. The fourth-order valence-electron chi connectivity index (χ4n) is 3.69. The number of hydrogen-bond acceptors (Lipinski definition) is 4. The Balaban J connectivity index is 1.52. The Kier molecular flexibility index (Phi) is 4.44. The van der Waals surface area contributed by atoms with Gasteiger partial charge in [0.1, 0.15) is 12.4 Å². The van der Waals surface area contributed by atoms with E-state index in [-0.39, 0.29) is 11.9 Å². The number of amides is 1. The average molecular weight is 341 g/mol. The zero-order valence-corrected chi connectivity index (χ0v) is 14.4. The lowest BCUT2D eigenvalue weighted by Gasteiger charge is -2.28. The summed E-state index contributed by atoms with van der Waals surface area (Å²) in [7, 11) is 1.76. The molecular weight excluding hydrogens is 318 g/mol. The molecule has 1 aromatic carbocycles. The summed E-state index contributed by atoms with van der Waals surface area (Å²) in [4.78, 5) is 16.9. The first-order chi connectivity index (χ1) is 12.2. The van der Waals surface area contributed by atoms with Crippen LogP contribution in [0, 0.1) is 0 Å². The van der Waals surface area contributed by atoms with Gasteiger partial charge in [0, 0.05) is 24.3 Å². The van der Waals surface area contributed by atoms with Gasteiger partial charge >= 0.3 is 0 Å². The number of fused-ring (bicyclic) bond motifs is 3. The maximum Gasteiger partial charge on any atom is 0.251 e. The van der Waals surface area contributed by atoms with E-state index in [1.807, 2.05) is 24.4 Å². The Morgan fingerprint density at radius 3 is 2.96 bits per heavy atom. The largest absolute Gasteiger partial charge is 0.491 e. The number of hydrogen-bond donors (Lipinski definition) is 1. The van der Waals surface area contributed by atoms with Crippen LogP contribution in [-0.4, -0.2) is 41.3 Å². The summed E-state index contributed by atoms with van der Waals surface area (Å²) < 4.78 is 13.3. The second-order valence-corrected chi connectivity index (χ2v) is 6.71. The second-order valence-electron chi connectivity index (χ2n) is 6.71. The molecule has 0 radical (unpaired) electrons. The standard InChI is InChI=1S/C19H23N3O3/c1-24-15-5-3-14(4-6-15)21-19(23)13-2-7-18-16(10-13)17-11-20-12-22(17)8-9-25-18/h2,7,10-12,14-15H,3-6,8-9H2,1H3,(H,21,23). The van der Waals surface area contributed by atoms with Crippen molar-refractivity contribution >= 4 is 5.91 Å². The highest BCUT2D eigenvalue weighted by Gasteiger charge is 2.23. The van der Waals surface area contributed by atoms with Crippen LogP contribution in [0.15, 0.2) is 30.7 Å². The van der Waals surface area contributed by atoms with Crippen LogP contribution in [-0.2, 0) is 11.3 Å². The number of aromatic nitrogens is 2. The molecule has 6 heteroatoms. The van der Waals surface area contributed by atoms with Gasteiger partial charge in [-0.05, 0) is 43.9 Å². The highest BCUT2D eigenvalue weighted by Crippen LogP contribution is 2.33. The molecule has 0 bridgehead atoms. The Morgan fingerprint density at radius 1 is 1.32 bits per heavy atom. The summed E-state index contributed by atoms with van der Waals surface area (Å²) in [6, 6.07) is 5.85. The molecule has 2 aromatic rings. The van der Waals surface area contributed by atoms with E-state index >= 15 is 0 Å². The van der Waals surface area contributed by atoms with E-state index in [0.717, 1.165) is 49.2 Å². The number of benzene rings is 1. The Hall–Kier alpha value is -2.34. The molecule has 0 atom stereocenters. The summed E-state index contributed by atoms with van der Waals surface area (Å²) in [6.45, 7) is 1.36. The molecule has 6 nitrogen and oxygen atoms in total. The van der Waals surface area contributed by atoms with Crippen molar-refractivity contribution in [3.63, 3.8) is 0 Å². The molecule has 0 unspecified atom stereocenters. The van der Waals surface area contributed by atoms with Crippen molar-refractivity contribution in [3.8, 4) is 17.0 Å². The number of nitrogens with zero attached hydrogens (tertiary/aromatic N) is 2. The van der Waals surface area contributed by atoms with Gasteiger partial charge in [0.15, 0.2) is 0 Å². The Labute approximate surface area is 147 Å². The van der Waals surface area contributed by atoms with Crippen LogP contribution >= 0.6 is 0 Å². The molecule has 1 aromatic heterocycles. The van der Waals surface area contributed by atoms with Gasteiger partial charge in [-0.1, -0.05) is 0 Å². The van der Waals surface area contributed by atoms with Gasteiger partial charge in [-0.2, -0.15) is 0 Å². The maximum absolute atomic E-state index is 12.7. The molecule has 25 heavy (non-hydrogen) atoms. The minimum absolute atomic E-state index is 0.0287. The van der Waals surface area contributed by atoms with Crippen molar-refractivity contribution < 1.29 is 14.3 Å². The van der Waals surface area contributed by atoms with E-state index in [1.54, 1.807) is 13.4 Å². The SMILES string of the molecule is COC1CCC(NC(=O)c2ccc3c(c2)-c2cncn2CCO3)CC1. The third kappa shape index (κ3) is 3.26. The molecular formula is C19H23N3O3. The van der Waals surface area contributed by atoms with E-state index in [0.29, 0.717) is 18.3 Å². The first kappa shape index (κ1) is 16.1. The summed E-state index contributed by atoms with van der Waals surface area (Å²) >= 11 is 0. The van der Waals surface area contributed by atoms with Gasteiger partial charge in [0.25, 0.3) is 5.91 Å². The minimum Gasteiger partial charge on any atom is -0.491 e.